The fourth-order valence-electron chi connectivity index (χ4n) is 4.14. The third-order valence-electron chi connectivity index (χ3n) is 5.87. The molecule has 1 N–H and O–H groups in total. The molecule has 0 saturated carbocycles. The monoisotopic (exact) mass is 549 g/mol. The Morgan fingerprint density at radius 3 is 2.79 bits per heavy atom. The van der Waals surface area contributed by atoms with Gasteiger partial charge in [-0.1, -0.05) is 11.8 Å². The fourth-order valence-corrected chi connectivity index (χ4v) is 4.68. The molecule has 0 radical (unpaired) electrons. The molecule has 1 saturated heterocycles. The van der Waals surface area contributed by atoms with Gasteiger partial charge in [0, 0.05) is 36.4 Å². The average Bonchev–Trinajstić information content (AvgIpc) is 3.57. The SMILES string of the molecule is CN1CCC(n2cc(NC(=O)c3cnn4cccnc34)c(-c3cc(SC(F)F)ccc3OC(F)F)n2)C1=O. The predicted octanol–water partition coefficient (Wildman–Crippen LogP) is 4.16. The minimum Gasteiger partial charge on any atom is -0.434 e. The molecular weight excluding hydrogens is 530 g/mol. The van der Waals surface area contributed by atoms with E-state index in [-0.39, 0.29) is 56.5 Å². The number of likely N-dealkylation sites (N-methyl/N-ethyl adjacent to an activating group) is 1. The molecule has 1 aromatic carbocycles. The molecule has 4 aromatic rings. The summed E-state index contributed by atoms with van der Waals surface area (Å²) in [5, 5.41) is 11.2. The van der Waals surface area contributed by atoms with Crippen LogP contribution < -0.4 is 10.1 Å². The van der Waals surface area contributed by atoms with Gasteiger partial charge in [0.2, 0.25) is 5.91 Å². The van der Waals surface area contributed by atoms with Gasteiger partial charge in [-0.05, 0) is 30.7 Å². The molecule has 1 unspecified atom stereocenters. The second-order valence-corrected chi connectivity index (χ2v) is 9.31. The van der Waals surface area contributed by atoms with Crippen molar-refractivity contribution >= 4 is 34.9 Å². The van der Waals surface area contributed by atoms with Gasteiger partial charge in [-0.3, -0.25) is 14.3 Å². The van der Waals surface area contributed by atoms with E-state index in [1.54, 1.807) is 19.3 Å². The van der Waals surface area contributed by atoms with E-state index in [1.807, 2.05) is 0 Å². The number of carbonyl (C=O) groups excluding carboxylic acids is 2. The first-order valence-corrected chi connectivity index (χ1v) is 12.1. The van der Waals surface area contributed by atoms with Crippen molar-refractivity contribution in [1.82, 2.24) is 29.3 Å². The van der Waals surface area contributed by atoms with Gasteiger partial charge >= 0.3 is 6.61 Å². The zero-order valence-electron chi connectivity index (χ0n) is 19.6. The van der Waals surface area contributed by atoms with Gasteiger partial charge < -0.3 is 15.0 Å². The molecule has 1 aliphatic heterocycles. The highest BCUT2D eigenvalue weighted by molar-refractivity contribution is 7.99. The number of benzene rings is 1. The standard InChI is InChI=1S/C23H19F4N7O3S/c1-32-8-5-16(21(32)36)34-11-15(30-20(35)14-10-29-33-7-2-6-28-19(14)33)18(31-34)13-9-12(38-23(26)27)3-4-17(13)37-22(24)25/h2-4,6-7,9-11,16,22-23H,5,8H2,1H3,(H,30,35). The summed E-state index contributed by atoms with van der Waals surface area (Å²) in [6.07, 6.45) is 6.21. The number of hydrogen-bond acceptors (Lipinski definition) is 7. The zero-order valence-corrected chi connectivity index (χ0v) is 20.4. The molecule has 5 rings (SSSR count). The van der Waals surface area contributed by atoms with Gasteiger partial charge in [0.25, 0.3) is 11.7 Å². The van der Waals surface area contributed by atoms with Crippen LogP contribution >= 0.6 is 11.8 Å². The number of alkyl halides is 4. The molecule has 1 aliphatic rings. The number of amides is 2. The second-order valence-electron chi connectivity index (χ2n) is 8.25. The van der Waals surface area contributed by atoms with E-state index in [0.717, 1.165) is 6.07 Å². The molecule has 10 nitrogen and oxygen atoms in total. The number of thioether (sulfide) groups is 1. The molecule has 1 atom stereocenters. The molecule has 0 aliphatic carbocycles. The lowest BCUT2D eigenvalue weighted by molar-refractivity contribution is -0.129. The first-order chi connectivity index (χ1) is 18.2. The number of nitrogens with one attached hydrogen (secondary N) is 1. The van der Waals surface area contributed by atoms with Crippen LogP contribution in [-0.4, -0.2) is 67.1 Å². The number of fused-ring (bicyclic) bond motifs is 1. The van der Waals surface area contributed by atoms with Crippen LogP contribution in [0, 0.1) is 0 Å². The highest BCUT2D eigenvalue weighted by Crippen LogP contribution is 2.40. The van der Waals surface area contributed by atoms with Crippen molar-refractivity contribution in [3.05, 3.63) is 54.6 Å². The number of hydrogen-bond donors (Lipinski definition) is 1. The van der Waals surface area contributed by atoms with Crippen LogP contribution in [0.4, 0.5) is 23.2 Å². The van der Waals surface area contributed by atoms with E-state index in [4.69, 9.17) is 0 Å². The number of halogens is 4. The predicted molar refractivity (Wildman–Crippen MR) is 128 cm³/mol. The van der Waals surface area contributed by atoms with E-state index in [2.05, 4.69) is 25.2 Å². The number of ether oxygens (including phenoxy) is 1. The number of anilines is 1. The maximum absolute atomic E-state index is 13.2. The number of aromatic nitrogens is 5. The quantitative estimate of drug-likeness (QED) is 0.260. The number of carbonyl (C=O) groups is 2. The molecule has 198 valence electrons. The van der Waals surface area contributed by atoms with Crippen molar-refractivity contribution in [2.75, 3.05) is 18.9 Å². The molecule has 3 aromatic heterocycles. The first-order valence-electron chi connectivity index (χ1n) is 11.2. The highest BCUT2D eigenvalue weighted by Gasteiger charge is 2.33. The van der Waals surface area contributed by atoms with Crippen LogP contribution in [0.25, 0.3) is 16.9 Å². The van der Waals surface area contributed by atoms with Crippen LogP contribution in [0.5, 0.6) is 5.75 Å². The third-order valence-corrected chi connectivity index (χ3v) is 6.57. The second kappa shape index (κ2) is 10.3. The summed E-state index contributed by atoms with van der Waals surface area (Å²) in [6.45, 7) is -2.74. The Labute approximate surface area is 216 Å². The van der Waals surface area contributed by atoms with E-state index >= 15 is 0 Å². The van der Waals surface area contributed by atoms with Crippen LogP contribution in [0.1, 0.15) is 22.8 Å². The molecule has 4 heterocycles. The van der Waals surface area contributed by atoms with Gasteiger partial charge in [0.05, 0.1) is 18.1 Å². The first kappa shape index (κ1) is 25.5. The lowest BCUT2D eigenvalue weighted by Crippen LogP contribution is -2.24. The summed E-state index contributed by atoms with van der Waals surface area (Å²) < 4.78 is 59.9. The fraction of sp³-hybridized carbons (Fsp3) is 0.261. The van der Waals surface area contributed by atoms with Gasteiger partial charge in [-0.25, -0.2) is 9.50 Å². The minimum atomic E-state index is -3.21. The van der Waals surface area contributed by atoms with E-state index < -0.39 is 24.3 Å². The number of rotatable bonds is 8. The zero-order chi connectivity index (χ0) is 27.0. The Hall–Kier alpha value is -4.14. The van der Waals surface area contributed by atoms with E-state index in [9.17, 15) is 27.2 Å². The van der Waals surface area contributed by atoms with Gasteiger partial charge in [0.15, 0.2) is 5.65 Å². The van der Waals surface area contributed by atoms with E-state index in [0.29, 0.717) is 13.0 Å². The van der Waals surface area contributed by atoms with Crippen LogP contribution in [0.3, 0.4) is 0 Å². The van der Waals surface area contributed by atoms with Gasteiger partial charge in [-0.2, -0.15) is 27.8 Å². The summed E-state index contributed by atoms with van der Waals surface area (Å²) in [4.78, 5) is 31.6. The van der Waals surface area contributed by atoms with Crippen LogP contribution in [0.15, 0.2) is 53.9 Å². The summed E-state index contributed by atoms with van der Waals surface area (Å²) in [5.41, 5.74) is 0.320. The van der Waals surface area contributed by atoms with Crippen LogP contribution in [-0.2, 0) is 4.79 Å². The maximum Gasteiger partial charge on any atom is 0.387 e. The summed E-state index contributed by atoms with van der Waals surface area (Å²) >= 11 is 0.208. The van der Waals surface area contributed by atoms with Gasteiger partial charge in [-0.15, -0.1) is 0 Å². The lowest BCUT2D eigenvalue weighted by Gasteiger charge is -2.13. The van der Waals surface area contributed by atoms with Crippen molar-refractivity contribution in [1.29, 1.82) is 0 Å². The maximum atomic E-state index is 13.2. The molecular formula is C23H19F4N7O3S. The Balaban J connectivity index is 1.61. The Bertz CT molecular complexity index is 1510. The number of likely N-dealkylation sites (tertiary alicyclic amines) is 1. The lowest BCUT2D eigenvalue weighted by atomic mass is 10.1. The van der Waals surface area contributed by atoms with Crippen molar-refractivity contribution < 1.29 is 31.9 Å². The molecule has 2 amide bonds. The van der Waals surface area contributed by atoms with Crippen LogP contribution in [0.2, 0.25) is 0 Å². The smallest absolute Gasteiger partial charge is 0.387 e. The number of nitrogens with zero attached hydrogens (tertiary/aromatic N) is 6. The van der Waals surface area contributed by atoms with Crippen molar-refractivity contribution in [3.8, 4) is 17.0 Å². The molecule has 38 heavy (non-hydrogen) atoms. The summed E-state index contributed by atoms with van der Waals surface area (Å²) in [7, 11) is 1.63. The third kappa shape index (κ3) is 5.01. The van der Waals surface area contributed by atoms with Crippen molar-refractivity contribution in [2.45, 2.75) is 29.7 Å². The molecule has 0 spiro atoms. The van der Waals surface area contributed by atoms with Crippen molar-refractivity contribution in [2.24, 2.45) is 0 Å². The van der Waals surface area contributed by atoms with E-state index in [1.165, 1.54) is 44.8 Å². The highest BCUT2D eigenvalue weighted by atomic mass is 32.2. The minimum absolute atomic E-state index is 0.0440. The summed E-state index contributed by atoms with van der Waals surface area (Å²) in [5.74, 6) is -3.97. The Morgan fingerprint density at radius 1 is 1.26 bits per heavy atom. The molecule has 1 fully saturated rings. The summed E-state index contributed by atoms with van der Waals surface area (Å²) in [6, 6.07) is 4.49. The Morgan fingerprint density at radius 2 is 2.08 bits per heavy atom. The average molecular weight is 550 g/mol. The van der Waals surface area contributed by atoms with Crippen molar-refractivity contribution in [3.63, 3.8) is 0 Å². The normalized spacial score (nSPS) is 15.7. The largest absolute Gasteiger partial charge is 0.434 e. The topological polar surface area (TPSA) is 107 Å². The molecule has 15 heteroatoms. The Kier molecular flexibility index (Phi) is 6.93. The molecule has 0 bridgehead atoms. The van der Waals surface area contributed by atoms with Gasteiger partial charge in [0.1, 0.15) is 23.0 Å².